The lowest BCUT2D eigenvalue weighted by atomic mass is 9.71. The maximum Gasteiger partial charge on any atom is 0.254 e. The van der Waals surface area contributed by atoms with Gasteiger partial charge in [-0.2, -0.15) is 0 Å². The Kier molecular flexibility index (Phi) is 5.64. The quantitative estimate of drug-likeness (QED) is 0.549. The van der Waals surface area contributed by atoms with Gasteiger partial charge in [0.1, 0.15) is 0 Å². The van der Waals surface area contributed by atoms with E-state index in [0.717, 1.165) is 62.9 Å². The lowest BCUT2D eigenvalue weighted by Gasteiger charge is -2.47. The van der Waals surface area contributed by atoms with E-state index >= 15 is 0 Å². The van der Waals surface area contributed by atoms with E-state index in [-0.39, 0.29) is 16.9 Å². The zero-order chi connectivity index (χ0) is 22.3. The SMILES string of the molecule is O=C(c1cc(=O)[nH]c2ccccc12)N1CCC2(CC1)CCN(c1ccc(Cl)c(Cl)c1)CC2. The van der Waals surface area contributed by atoms with Crippen LogP contribution in [0.5, 0.6) is 0 Å². The van der Waals surface area contributed by atoms with Gasteiger partial charge in [-0.3, -0.25) is 9.59 Å². The second-order valence-corrected chi connectivity index (χ2v) is 9.78. The molecule has 1 spiro atoms. The summed E-state index contributed by atoms with van der Waals surface area (Å²) >= 11 is 12.3. The van der Waals surface area contributed by atoms with E-state index in [0.29, 0.717) is 21.1 Å². The molecule has 1 amide bonds. The minimum atomic E-state index is -0.241. The van der Waals surface area contributed by atoms with Gasteiger partial charge < -0.3 is 14.8 Å². The molecule has 0 bridgehead atoms. The average Bonchev–Trinajstić information content (AvgIpc) is 2.81. The number of likely N-dealkylation sites (tertiary alicyclic amines) is 1. The van der Waals surface area contributed by atoms with Crippen LogP contribution in [0, 0.1) is 5.41 Å². The van der Waals surface area contributed by atoms with Gasteiger partial charge >= 0.3 is 0 Å². The number of carbonyl (C=O) groups excluding carboxylic acids is 1. The summed E-state index contributed by atoms with van der Waals surface area (Å²) in [6.07, 6.45) is 4.19. The summed E-state index contributed by atoms with van der Waals surface area (Å²) < 4.78 is 0. The van der Waals surface area contributed by atoms with Gasteiger partial charge in [0.2, 0.25) is 5.56 Å². The molecule has 166 valence electrons. The molecule has 7 heteroatoms. The number of anilines is 1. The van der Waals surface area contributed by atoms with Crippen LogP contribution in [0.4, 0.5) is 5.69 Å². The molecule has 5 nitrogen and oxygen atoms in total. The minimum Gasteiger partial charge on any atom is -0.371 e. The maximum absolute atomic E-state index is 13.3. The number of fused-ring (bicyclic) bond motifs is 1. The Balaban J connectivity index is 1.25. The number of aromatic amines is 1. The average molecular weight is 470 g/mol. The molecule has 32 heavy (non-hydrogen) atoms. The number of rotatable bonds is 2. The Hall–Kier alpha value is -2.50. The van der Waals surface area contributed by atoms with Gasteiger partial charge in [-0.25, -0.2) is 0 Å². The third-order valence-corrected chi connectivity index (χ3v) is 7.92. The van der Waals surface area contributed by atoms with Gasteiger partial charge in [0.15, 0.2) is 0 Å². The van der Waals surface area contributed by atoms with Gasteiger partial charge in [-0.1, -0.05) is 41.4 Å². The zero-order valence-corrected chi connectivity index (χ0v) is 19.3. The summed E-state index contributed by atoms with van der Waals surface area (Å²) in [5.41, 5.74) is 2.35. The summed E-state index contributed by atoms with van der Waals surface area (Å²) in [5, 5.41) is 1.96. The highest BCUT2D eigenvalue weighted by molar-refractivity contribution is 6.42. The Morgan fingerprint density at radius 1 is 0.875 bits per heavy atom. The molecular weight excluding hydrogens is 445 g/mol. The predicted molar refractivity (Wildman–Crippen MR) is 130 cm³/mol. The number of para-hydroxylation sites is 1. The van der Waals surface area contributed by atoms with Crippen molar-refractivity contribution < 1.29 is 4.79 Å². The normalized spacial score (nSPS) is 18.3. The van der Waals surface area contributed by atoms with Gasteiger partial charge in [-0.05, 0) is 55.4 Å². The number of benzene rings is 2. The molecular formula is C25H25Cl2N3O2. The smallest absolute Gasteiger partial charge is 0.254 e. The van der Waals surface area contributed by atoms with Crippen LogP contribution in [0.15, 0.2) is 53.3 Å². The van der Waals surface area contributed by atoms with Crippen molar-refractivity contribution in [1.82, 2.24) is 9.88 Å². The monoisotopic (exact) mass is 469 g/mol. The number of aromatic nitrogens is 1. The molecule has 0 unspecified atom stereocenters. The fraction of sp³-hybridized carbons (Fsp3) is 0.360. The van der Waals surface area contributed by atoms with Crippen molar-refractivity contribution in [2.45, 2.75) is 25.7 Å². The number of hydrogen-bond donors (Lipinski definition) is 1. The first-order valence-corrected chi connectivity index (χ1v) is 11.8. The Morgan fingerprint density at radius 3 is 2.28 bits per heavy atom. The van der Waals surface area contributed by atoms with Crippen LogP contribution in [0.1, 0.15) is 36.0 Å². The number of hydrogen-bond acceptors (Lipinski definition) is 3. The van der Waals surface area contributed by atoms with E-state index in [9.17, 15) is 9.59 Å². The van der Waals surface area contributed by atoms with Crippen molar-refractivity contribution in [3.05, 3.63) is 74.5 Å². The molecule has 2 saturated heterocycles. The molecule has 3 aromatic rings. The number of carbonyl (C=O) groups is 1. The lowest BCUT2D eigenvalue weighted by molar-refractivity contribution is 0.0516. The highest BCUT2D eigenvalue weighted by Gasteiger charge is 2.39. The molecule has 1 aromatic heterocycles. The van der Waals surface area contributed by atoms with Crippen LogP contribution in [0.2, 0.25) is 10.0 Å². The van der Waals surface area contributed by atoms with E-state index in [1.807, 2.05) is 47.4 Å². The van der Waals surface area contributed by atoms with Crippen LogP contribution in [-0.4, -0.2) is 42.0 Å². The number of nitrogens with zero attached hydrogens (tertiary/aromatic N) is 2. The molecule has 3 heterocycles. The fourth-order valence-corrected chi connectivity index (χ4v) is 5.45. The molecule has 1 N–H and O–H groups in total. The third-order valence-electron chi connectivity index (χ3n) is 7.18. The van der Waals surface area contributed by atoms with Crippen LogP contribution in [-0.2, 0) is 0 Å². The Bertz CT molecular complexity index is 1220. The summed E-state index contributed by atoms with van der Waals surface area (Å²) in [5.74, 6) is -0.0459. The van der Waals surface area contributed by atoms with E-state index in [1.165, 1.54) is 6.07 Å². The lowest BCUT2D eigenvalue weighted by Crippen LogP contribution is -2.48. The molecule has 0 saturated carbocycles. The zero-order valence-electron chi connectivity index (χ0n) is 17.7. The van der Waals surface area contributed by atoms with Gasteiger partial charge in [-0.15, -0.1) is 0 Å². The van der Waals surface area contributed by atoms with Crippen molar-refractivity contribution >= 4 is 45.7 Å². The van der Waals surface area contributed by atoms with E-state index in [4.69, 9.17) is 23.2 Å². The van der Waals surface area contributed by atoms with Gasteiger partial charge in [0, 0.05) is 48.8 Å². The molecule has 0 aliphatic carbocycles. The van der Waals surface area contributed by atoms with Gasteiger partial charge in [0.25, 0.3) is 5.91 Å². The molecule has 5 rings (SSSR count). The number of halogens is 2. The topological polar surface area (TPSA) is 56.4 Å². The van der Waals surface area contributed by atoms with Crippen molar-refractivity contribution in [3.63, 3.8) is 0 Å². The molecule has 0 atom stereocenters. The van der Waals surface area contributed by atoms with Gasteiger partial charge in [0.05, 0.1) is 15.6 Å². The predicted octanol–water partition coefficient (Wildman–Crippen LogP) is 5.36. The van der Waals surface area contributed by atoms with E-state index < -0.39 is 0 Å². The summed E-state index contributed by atoms with van der Waals surface area (Å²) in [6, 6.07) is 14.7. The first-order valence-electron chi connectivity index (χ1n) is 11.1. The van der Waals surface area contributed by atoms with Crippen molar-refractivity contribution in [2.24, 2.45) is 5.41 Å². The second kappa shape index (κ2) is 8.45. The van der Waals surface area contributed by atoms with Crippen LogP contribution in [0.25, 0.3) is 10.9 Å². The van der Waals surface area contributed by atoms with E-state index in [1.54, 1.807) is 0 Å². The Morgan fingerprint density at radius 2 is 1.56 bits per heavy atom. The maximum atomic E-state index is 13.3. The fourth-order valence-electron chi connectivity index (χ4n) is 5.16. The first-order chi connectivity index (χ1) is 15.4. The summed E-state index contributed by atoms with van der Waals surface area (Å²) in [7, 11) is 0. The highest BCUT2D eigenvalue weighted by Crippen LogP contribution is 2.43. The second-order valence-electron chi connectivity index (χ2n) is 8.97. The summed E-state index contributed by atoms with van der Waals surface area (Å²) in [4.78, 5) is 32.4. The largest absolute Gasteiger partial charge is 0.371 e. The third kappa shape index (κ3) is 4.00. The summed E-state index contributed by atoms with van der Waals surface area (Å²) in [6.45, 7) is 3.41. The molecule has 2 aromatic carbocycles. The minimum absolute atomic E-state index is 0.0459. The van der Waals surface area contributed by atoms with Crippen molar-refractivity contribution in [3.8, 4) is 0 Å². The Labute approximate surface area is 196 Å². The van der Waals surface area contributed by atoms with Crippen LogP contribution >= 0.6 is 23.2 Å². The number of amides is 1. The molecule has 2 aliphatic rings. The number of piperidine rings is 2. The van der Waals surface area contributed by atoms with Crippen molar-refractivity contribution in [2.75, 3.05) is 31.1 Å². The first kappa shape index (κ1) is 21.4. The molecule has 0 radical (unpaired) electrons. The standard InChI is InChI=1S/C25H25Cl2N3O2/c26-20-6-5-17(15-21(20)27)29-11-7-25(8-12-29)9-13-30(14-10-25)24(32)19-16-23(31)28-22-4-2-1-3-18(19)22/h1-6,15-16H,7-14H2,(H,28,31). The number of pyridine rings is 1. The number of nitrogens with one attached hydrogen (secondary N) is 1. The van der Waals surface area contributed by atoms with Crippen LogP contribution < -0.4 is 10.5 Å². The molecule has 2 fully saturated rings. The van der Waals surface area contributed by atoms with Crippen molar-refractivity contribution in [1.29, 1.82) is 0 Å². The van der Waals surface area contributed by atoms with Crippen LogP contribution in [0.3, 0.4) is 0 Å². The number of H-pyrrole nitrogens is 1. The highest BCUT2D eigenvalue weighted by atomic mass is 35.5. The molecule has 2 aliphatic heterocycles. The van der Waals surface area contributed by atoms with E-state index in [2.05, 4.69) is 9.88 Å².